The number of carbonyl (C=O) groups is 1. The standard InChI is InChI=1S/C11H15NO3/c1-8-4-12(6-10(8)11(13)14)5-9-2-3-15-7-9/h2-3,7-8,10H,4-6H2,1H3,(H,13,14). The number of hydrogen-bond donors (Lipinski definition) is 1. The molecule has 1 aliphatic rings. The van der Waals surface area contributed by atoms with E-state index >= 15 is 0 Å². The van der Waals surface area contributed by atoms with Crippen molar-refractivity contribution in [3.63, 3.8) is 0 Å². The molecule has 0 saturated carbocycles. The summed E-state index contributed by atoms with van der Waals surface area (Å²) in [6.07, 6.45) is 3.35. The fraction of sp³-hybridized carbons (Fsp3) is 0.545. The van der Waals surface area contributed by atoms with Gasteiger partial charge < -0.3 is 9.52 Å². The number of nitrogens with zero attached hydrogens (tertiary/aromatic N) is 1. The van der Waals surface area contributed by atoms with Crippen LogP contribution in [0, 0.1) is 11.8 Å². The van der Waals surface area contributed by atoms with Gasteiger partial charge in [0.2, 0.25) is 0 Å². The van der Waals surface area contributed by atoms with Crippen LogP contribution in [-0.4, -0.2) is 29.1 Å². The predicted octanol–water partition coefficient (Wildman–Crippen LogP) is 1.43. The first-order chi connectivity index (χ1) is 7.16. The third-order valence-electron chi connectivity index (χ3n) is 2.99. The number of rotatable bonds is 3. The highest BCUT2D eigenvalue weighted by Crippen LogP contribution is 2.24. The molecule has 2 heterocycles. The van der Waals surface area contributed by atoms with Crippen LogP contribution >= 0.6 is 0 Å². The Bertz CT molecular complexity index is 334. The lowest BCUT2D eigenvalue weighted by atomic mass is 9.99. The molecule has 1 fully saturated rings. The Labute approximate surface area is 88.5 Å². The lowest BCUT2D eigenvalue weighted by Gasteiger charge is -2.13. The summed E-state index contributed by atoms with van der Waals surface area (Å²) in [5, 5.41) is 8.98. The number of furan rings is 1. The average Bonchev–Trinajstić information content (AvgIpc) is 2.75. The van der Waals surface area contributed by atoms with Gasteiger partial charge in [0.15, 0.2) is 0 Å². The van der Waals surface area contributed by atoms with Gasteiger partial charge in [0.05, 0.1) is 18.4 Å². The van der Waals surface area contributed by atoms with Crippen LogP contribution in [0.3, 0.4) is 0 Å². The first kappa shape index (κ1) is 10.2. The smallest absolute Gasteiger partial charge is 0.308 e. The zero-order valence-electron chi connectivity index (χ0n) is 8.72. The predicted molar refractivity (Wildman–Crippen MR) is 54.3 cm³/mol. The topological polar surface area (TPSA) is 53.7 Å². The van der Waals surface area contributed by atoms with Gasteiger partial charge in [-0.05, 0) is 12.0 Å². The van der Waals surface area contributed by atoms with Crippen LogP contribution in [0.1, 0.15) is 12.5 Å². The molecule has 0 aromatic carbocycles. The maximum Gasteiger partial charge on any atom is 0.308 e. The molecule has 0 amide bonds. The SMILES string of the molecule is CC1CN(Cc2ccoc2)CC1C(=O)O. The summed E-state index contributed by atoms with van der Waals surface area (Å²) in [5.41, 5.74) is 1.10. The Morgan fingerprint density at radius 2 is 2.47 bits per heavy atom. The first-order valence-electron chi connectivity index (χ1n) is 5.13. The Morgan fingerprint density at radius 1 is 1.67 bits per heavy atom. The van der Waals surface area contributed by atoms with Gasteiger partial charge in [-0.25, -0.2) is 0 Å². The minimum absolute atomic E-state index is 0.225. The maximum absolute atomic E-state index is 10.9. The molecule has 0 radical (unpaired) electrons. The summed E-state index contributed by atoms with van der Waals surface area (Å²) in [5.74, 6) is -0.677. The van der Waals surface area contributed by atoms with Gasteiger partial charge in [0, 0.05) is 25.2 Å². The van der Waals surface area contributed by atoms with E-state index in [-0.39, 0.29) is 11.8 Å². The number of likely N-dealkylation sites (tertiary alicyclic amines) is 1. The highest BCUT2D eigenvalue weighted by Gasteiger charge is 2.34. The lowest BCUT2D eigenvalue weighted by Crippen LogP contribution is -2.22. The minimum Gasteiger partial charge on any atom is -0.481 e. The van der Waals surface area contributed by atoms with Crippen molar-refractivity contribution in [2.75, 3.05) is 13.1 Å². The number of carboxylic acid groups (broad SMARTS) is 1. The molecule has 0 spiro atoms. The largest absolute Gasteiger partial charge is 0.481 e. The van der Waals surface area contributed by atoms with Crippen LogP contribution in [0.2, 0.25) is 0 Å². The Kier molecular flexibility index (Phi) is 2.77. The minimum atomic E-state index is -0.683. The zero-order valence-corrected chi connectivity index (χ0v) is 8.72. The van der Waals surface area contributed by atoms with Crippen LogP contribution in [0.15, 0.2) is 23.0 Å². The van der Waals surface area contributed by atoms with Crippen LogP contribution < -0.4 is 0 Å². The number of aliphatic carboxylic acids is 1. The van der Waals surface area contributed by atoms with Crippen LogP contribution in [0.25, 0.3) is 0 Å². The second-order valence-electron chi connectivity index (χ2n) is 4.25. The summed E-state index contributed by atoms with van der Waals surface area (Å²) in [6, 6.07) is 1.92. The molecule has 2 atom stereocenters. The van der Waals surface area contributed by atoms with E-state index in [1.807, 2.05) is 13.0 Å². The summed E-state index contributed by atoms with van der Waals surface area (Å²) in [7, 11) is 0. The molecule has 1 aromatic heterocycles. The second kappa shape index (κ2) is 4.06. The zero-order chi connectivity index (χ0) is 10.8. The third kappa shape index (κ3) is 2.21. The molecular weight excluding hydrogens is 194 g/mol. The van der Waals surface area contributed by atoms with Crippen LogP contribution in [0.4, 0.5) is 0 Å². The first-order valence-corrected chi connectivity index (χ1v) is 5.13. The van der Waals surface area contributed by atoms with Crippen molar-refractivity contribution in [3.8, 4) is 0 Å². The molecule has 1 aliphatic heterocycles. The molecule has 15 heavy (non-hydrogen) atoms. The van der Waals surface area contributed by atoms with E-state index in [9.17, 15) is 4.79 Å². The lowest BCUT2D eigenvalue weighted by molar-refractivity contribution is -0.142. The highest BCUT2D eigenvalue weighted by molar-refractivity contribution is 5.71. The maximum atomic E-state index is 10.9. The summed E-state index contributed by atoms with van der Waals surface area (Å²) in [6.45, 7) is 4.27. The fourth-order valence-electron chi connectivity index (χ4n) is 2.16. The molecule has 0 bridgehead atoms. The number of carboxylic acids is 1. The second-order valence-corrected chi connectivity index (χ2v) is 4.25. The van der Waals surface area contributed by atoms with Crippen molar-refractivity contribution >= 4 is 5.97 Å². The molecule has 1 saturated heterocycles. The molecule has 4 heteroatoms. The monoisotopic (exact) mass is 209 g/mol. The van der Waals surface area contributed by atoms with Gasteiger partial charge in [0.1, 0.15) is 0 Å². The molecule has 2 unspecified atom stereocenters. The molecule has 1 aromatic rings. The van der Waals surface area contributed by atoms with Gasteiger partial charge in [-0.1, -0.05) is 6.92 Å². The molecule has 4 nitrogen and oxygen atoms in total. The Balaban J connectivity index is 1.94. The van der Waals surface area contributed by atoms with Gasteiger partial charge >= 0.3 is 5.97 Å². The van der Waals surface area contributed by atoms with Crippen molar-refractivity contribution in [2.24, 2.45) is 11.8 Å². The fourth-order valence-corrected chi connectivity index (χ4v) is 2.16. The Morgan fingerprint density at radius 3 is 3.00 bits per heavy atom. The molecule has 2 rings (SSSR count). The van der Waals surface area contributed by atoms with Crippen LogP contribution in [-0.2, 0) is 11.3 Å². The van der Waals surface area contributed by atoms with E-state index in [0.29, 0.717) is 6.54 Å². The summed E-state index contributed by atoms with van der Waals surface area (Å²) >= 11 is 0. The molecule has 1 N–H and O–H groups in total. The van der Waals surface area contributed by atoms with Gasteiger partial charge in [-0.3, -0.25) is 9.69 Å². The van der Waals surface area contributed by atoms with E-state index < -0.39 is 5.97 Å². The van der Waals surface area contributed by atoms with E-state index in [1.54, 1.807) is 12.5 Å². The van der Waals surface area contributed by atoms with Crippen molar-refractivity contribution in [1.82, 2.24) is 4.90 Å². The van der Waals surface area contributed by atoms with Crippen LogP contribution in [0.5, 0.6) is 0 Å². The van der Waals surface area contributed by atoms with E-state index in [1.165, 1.54) is 0 Å². The van der Waals surface area contributed by atoms with E-state index in [2.05, 4.69) is 4.90 Å². The van der Waals surface area contributed by atoms with Gasteiger partial charge in [-0.15, -0.1) is 0 Å². The third-order valence-corrected chi connectivity index (χ3v) is 2.99. The average molecular weight is 209 g/mol. The van der Waals surface area contributed by atoms with E-state index in [0.717, 1.165) is 18.7 Å². The van der Waals surface area contributed by atoms with E-state index in [4.69, 9.17) is 9.52 Å². The highest BCUT2D eigenvalue weighted by atomic mass is 16.4. The van der Waals surface area contributed by atoms with Gasteiger partial charge in [-0.2, -0.15) is 0 Å². The van der Waals surface area contributed by atoms with Crippen molar-refractivity contribution in [1.29, 1.82) is 0 Å². The summed E-state index contributed by atoms with van der Waals surface area (Å²) < 4.78 is 4.98. The number of hydrogen-bond acceptors (Lipinski definition) is 3. The molecule has 0 aliphatic carbocycles. The Hall–Kier alpha value is -1.29. The normalized spacial score (nSPS) is 27.0. The van der Waals surface area contributed by atoms with Crippen molar-refractivity contribution < 1.29 is 14.3 Å². The molecule has 82 valence electrons. The molecular formula is C11H15NO3. The van der Waals surface area contributed by atoms with Gasteiger partial charge in [0.25, 0.3) is 0 Å². The van der Waals surface area contributed by atoms with Crippen molar-refractivity contribution in [3.05, 3.63) is 24.2 Å². The van der Waals surface area contributed by atoms with Crippen molar-refractivity contribution in [2.45, 2.75) is 13.5 Å². The summed E-state index contributed by atoms with van der Waals surface area (Å²) in [4.78, 5) is 13.1. The quantitative estimate of drug-likeness (QED) is 0.818.